The Bertz CT molecular complexity index is 1330. The van der Waals surface area contributed by atoms with Crippen molar-refractivity contribution in [2.24, 2.45) is 5.10 Å². The number of benzene rings is 2. The number of nitro benzene ring substituents is 2. The summed E-state index contributed by atoms with van der Waals surface area (Å²) in [4.78, 5) is 33.2. The van der Waals surface area contributed by atoms with E-state index in [1.807, 2.05) is 0 Å². The van der Waals surface area contributed by atoms with E-state index in [0.29, 0.717) is 11.8 Å². The Morgan fingerprint density at radius 2 is 1.85 bits per heavy atom. The SMILES string of the molecule is CCCCCCc1cc2cc(/C(C)=N\Nc3ccc([N+](=O)[O-])cc3[N+](=O)[O-])c(=O)oc2cc1O. The summed E-state index contributed by atoms with van der Waals surface area (Å²) in [6.07, 6.45) is 4.88. The number of hydrogen-bond donors (Lipinski definition) is 2. The fourth-order valence-electron chi connectivity index (χ4n) is 3.48. The summed E-state index contributed by atoms with van der Waals surface area (Å²) in [6.45, 7) is 3.64. The van der Waals surface area contributed by atoms with E-state index in [1.54, 1.807) is 12.1 Å². The molecule has 0 unspecified atom stereocenters. The van der Waals surface area contributed by atoms with Crippen molar-refractivity contribution in [3.63, 3.8) is 0 Å². The topological polar surface area (TPSA) is 161 Å². The fraction of sp³-hybridized carbons (Fsp3) is 0.304. The molecule has 11 heteroatoms. The number of hydrazone groups is 1. The van der Waals surface area contributed by atoms with Crippen LogP contribution in [0.5, 0.6) is 5.75 Å². The number of aromatic hydroxyl groups is 1. The van der Waals surface area contributed by atoms with Gasteiger partial charge in [-0.05, 0) is 43.5 Å². The highest BCUT2D eigenvalue weighted by atomic mass is 16.6. The molecule has 3 rings (SSSR count). The third kappa shape index (κ3) is 5.55. The van der Waals surface area contributed by atoms with E-state index in [1.165, 1.54) is 19.1 Å². The zero-order valence-electron chi connectivity index (χ0n) is 18.7. The maximum atomic E-state index is 12.5. The Hall–Kier alpha value is -4.28. The first-order valence-electron chi connectivity index (χ1n) is 10.7. The molecule has 0 atom stereocenters. The molecule has 0 bridgehead atoms. The molecule has 0 saturated carbocycles. The number of phenols is 1. The highest BCUT2D eigenvalue weighted by Crippen LogP contribution is 2.29. The lowest BCUT2D eigenvalue weighted by Crippen LogP contribution is -2.13. The lowest BCUT2D eigenvalue weighted by atomic mass is 10.0. The summed E-state index contributed by atoms with van der Waals surface area (Å²) in [7, 11) is 0. The molecule has 0 aliphatic carbocycles. The molecule has 0 aliphatic rings. The minimum atomic E-state index is -0.765. The van der Waals surface area contributed by atoms with Crippen LogP contribution in [0.2, 0.25) is 0 Å². The van der Waals surface area contributed by atoms with E-state index < -0.39 is 26.8 Å². The fourth-order valence-corrected chi connectivity index (χ4v) is 3.48. The molecule has 0 spiro atoms. The maximum Gasteiger partial charge on any atom is 0.345 e. The van der Waals surface area contributed by atoms with Crippen molar-refractivity contribution in [3.05, 3.63) is 78.2 Å². The summed E-state index contributed by atoms with van der Waals surface area (Å²) in [5.74, 6) is 0.0671. The molecule has 1 heterocycles. The summed E-state index contributed by atoms with van der Waals surface area (Å²) in [5, 5.41) is 37.1. The Morgan fingerprint density at radius 1 is 1.09 bits per heavy atom. The molecule has 0 saturated heterocycles. The minimum Gasteiger partial charge on any atom is -0.508 e. The molecule has 34 heavy (non-hydrogen) atoms. The minimum absolute atomic E-state index is 0.0671. The van der Waals surface area contributed by atoms with Gasteiger partial charge in [0.15, 0.2) is 0 Å². The van der Waals surface area contributed by atoms with Gasteiger partial charge >= 0.3 is 11.3 Å². The molecule has 0 amide bonds. The third-order valence-corrected chi connectivity index (χ3v) is 5.36. The van der Waals surface area contributed by atoms with Gasteiger partial charge in [-0.2, -0.15) is 5.10 Å². The Balaban J connectivity index is 1.91. The van der Waals surface area contributed by atoms with Crippen molar-refractivity contribution in [2.45, 2.75) is 46.0 Å². The van der Waals surface area contributed by atoms with Gasteiger partial charge in [0.1, 0.15) is 17.0 Å². The Morgan fingerprint density at radius 3 is 2.53 bits per heavy atom. The highest BCUT2D eigenvalue weighted by molar-refractivity contribution is 6.01. The van der Waals surface area contributed by atoms with Gasteiger partial charge in [-0.25, -0.2) is 4.79 Å². The number of nitrogens with one attached hydrogen (secondary N) is 1. The van der Waals surface area contributed by atoms with E-state index in [-0.39, 0.29) is 28.3 Å². The van der Waals surface area contributed by atoms with Crippen LogP contribution < -0.4 is 11.1 Å². The van der Waals surface area contributed by atoms with Gasteiger partial charge in [0.05, 0.1) is 27.2 Å². The maximum absolute atomic E-state index is 12.5. The van der Waals surface area contributed by atoms with Crippen molar-refractivity contribution in [3.8, 4) is 5.75 Å². The zero-order chi connectivity index (χ0) is 24.8. The third-order valence-electron chi connectivity index (χ3n) is 5.36. The molecule has 0 fully saturated rings. The molecule has 0 radical (unpaired) electrons. The largest absolute Gasteiger partial charge is 0.508 e. The lowest BCUT2D eigenvalue weighted by molar-refractivity contribution is -0.393. The van der Waals surface area contributed by atoms with E-state index in [0.717, 1.165) is 43.4 Å². The van der Waals surface area contributed by atoms with Gasteiger partial charge < -0.3 is 9.52 Å². The van der Waals surface area contributed by atoms with Crippen LogP contribution in [-0.4, -0.2) is 20.7 Å². The molecule has 2 N–H and O–H groups in total. The number of aryl methyl sites for hydroxylation is 1. The number of rotatable bonds is 10. The summed E-state index contributed by atoms with van der Waals surface area (Å²) < 4.78 is 5.34. The molecule has 0 aliphatic heterocycles. The van der Waals surface area contributed by atoms with Gasteiger partial charge in [-0.1, -0.05) is 26.2 Å². The molecule has 2 aromatic carbocycles. The summed E-state index contributed by atoms with van der Waals surface area (Å²) >= 11 is 0. The Kier molecular flexibility index (Phi) is 7.57. The van der Waals surface area contributed by atoms with E-state index >= 15 is 0 Å². The predicted octanol–water partition coefficient (Wildman–Crippen LogP) is 5.27. The standard InChI is InChI=1S/C23H24N4O7/c1-3-4-5-6-7-15-10-16-11-18(23(29)34-22(16)13-21(15)28)14(2)24-25-19-9-8-17(26(30)31)12-20(19)27(32)33/h8-13,25,28H,3-7H2,1-2H3/b24-14-. The second-order valence-corrected chi connectivity index (χ2v) is 7.80. The van der Waals surface area contributed by atoms with Gasteiger partial charge in [0, 0.05) is 17.5 Å². The highest BCUT2D eigenvalue weighted by Gasteiger charge is 2.19. The normalized spacial score (nSPS) is 11.5. The number of nitrogens with zero attached hydrogens (tertiary/aromatic N) is 3. The van der Waals surface area contributed by atoms with Crippen molar-refractivity contribution in [1.29, 1.82) is 0 Å². The number of nitro groups is 2. The van der Waals surface area contributed by atoms with Gasteiger partial charge in [0.2, 0.25) is 0 Å². The van der Waals surface area contributed by atoms with E-state index in [9.17, 15) is 30.1 Å². The monoisotopic (exact) mass is 468 g/mol. The van der Waals surface area contributed by atoms with Crippen LogP contribution in [0, 0.1) is 20.2 Å². The smallest absolute Gasteiger partial charge is 0.345 e. The second-order valence-electron chi connectivity index (χ2n) is 7.80. The number of anilines is 1. The first-order chi connectivity index (χ1) is 16.2. The summed E-state index contributed by atoms with van der Waals surface area (Å²) in [5.41, 5.74) is 2.09. The predicted molar refractivity (Wildman–Crippen MR) is 128 cm³/mol. The quantitative estimate of drug-likeness (QED) is 0.134. The van der Waals surface area contributed by atoms with Crippen molar-refractivity contribution >= 4 is 33.7 Å². The average molecular weight is 468 g/mol. The molecule has 178 valence electrons. The van der Waals surface area contributed by atoms with Gasteiger partial charge in [-0.15, -0.1) is 0 Å². The second kappa shape index (κ2) is 10.6. The number of non-ortho nitro benzene ring substituents is 1. The number of fused-ring (bicyclic) bond motifs is 1. The first-order valence-corrected chi connectivity index (χ1v) is 10.7. The van der Waals surface area contributed by atoms with Crippen LogP contribution in [-0.2, 0) is 6.42 Å². The average Bonchev–Trinajstić information content (AvgIpc) is 2.80. The molecular formula is C23H24N4O7. The van der Waals surface area contributed by atoms with Crippen molar-refractivity contribution in [1.82, 2.24) is 0 Å². The molecular weight excluding hydrogens is 444 g/mol. The molecule has 1 aromatic heterocycles. The van der Waals surface area contributed by atoms with E-state index in [4.69, 9.17) is 4.42 Å². The van der Waals surface area contributed by atoms with Gasteiger partial charge in [0.25, 0.3) is 5.69 Å². The summed E-state index contributed by atoms with van der Waals surface area (Å²) in [6, 6.07) is 7.88. The van der Waals surface area contributed by atoms with Crippen LogP contribution in [0.3, 0.4) is 0 Å². The molecule has 3 aromatic rings. The first kappa shape index (κ1) is 24.4. The van der Waals surface area contributed by atoms with Crippen LogP contribution in [0.15, 0.2) is 50.7 Å². The Labute approximate surface area is 194 Å². The van der Waals surface area contributed by atoms with Gasteiger partial charge in [-0.3, -0.25) is 25.7 Å². The number of unbranched alkanes of at least 4 members (excludes halogenated alkanes) is 3. The lowest BCUT2D eigenvalue weighted by Gasteiger charge is -2.08. The van der Waals surface area contributed by atoms with E-state index in [2.05, 4.69) is 17.5 Å². The van der Waals surface area contributed by atoms with Crippen molar-refractivity contribution < 1.29 is 19.4 Å². The number of phenolic OH excluding ortho intramolecular Hbond substituents is 1. The van der Waals surface area contributed by atoms with Crippen LogP contribution in [0.25, 0.3) is 11.0 Å². The van der Waals surface area contributed by atoms with Crippen molar-refractivity contribution in [2.75, 3.05) is 5.43 Å². The zero-order valence-corrected chi connectivity index (χ0v) is 18.7. The molecule has 11 nitrogen and oxygen atoms in total. The number of hydrogen-bond acceptors (Lipinski definition) is 9. The van der Waals surface area contributed by atoms with Crippen LogP contribution in [0.1, 0.15) is 50.7 Å². The van der Waals surface area contributed by atoms with Crippen LogP contribution in [0.4, 0.5) is 17.1 Å². The van der Waals surface area contributed by atoms with Crippen LogP contribution >= 0.6 is 0 Å².